The molecule has 1 aromatic rings. The molecule has 0 aliphatic heterocycles. The fourth-order valence-electron chi connectivity index (χ4n) is 2.81. The summed E-state index contributed by atoms with van der Waals surface area (Å²) in [6, 6.07) is 6.69. The van der Waals surface area contributed by atoms with Crippen LogP contribution in [0.2, 0.25) is 0 Å². The van der Waals surface area contributed by atoms with E-state index in [1.165, 1.54) is 44.2 Å². The number of carbonyl (C=O) groups is 1. The van der Waals surface area contributed by atoms with E-state index in [2.05, 4.69) is 5.32 Å². The van der Waals surface area contributed by atoms with Gasteiger partial charge in [0.15, 0.2) is 0 Å². The summed E-state index contributed by atoms with van der Waals surface area (Å²) in [6.45, 7) is 1.20. The van der Waals surface area contributed by atoms with Crippen molar-refractivity contribution in [2.75, 3.05) is 13.2 Å². The van der Waals surface area contributed by atoms with Crippen molar-refractivity contribution in [2.24, 2.45) is 0 Å². The van der Waals surface area contributed by atoms with Crippen LogP contribution in [0.25, 0.3) is 0 Å². The van der Waals surface area contributed by atoms with Crippen molar-refractivity contribution < 1.29 is 19.8 Å². The molecule has 0 radical (unpaired) electrons. The number of halogens is 1. The maximum absolute atomic E-state index is 12.0. The highest BCUT2D eigenvalue weighted by molar-refractivity contribution is 14.1. The fourth-order valence-corrected chi connectivity index (χ4v) is 3.40. The number of non-ortho nitro benzene ring substituents is 1. The zero-order valence-corrected chi connectivity index (χ0v) is 15.1. The van der Waals surface area contributed by atoms with Gasteiger partial charge in [-0.05, 0) is 31.2 Å². The maximum atomic E-state index is 12.0. The standard InChI is InChI=1S/C16H21IN2O4/c17-15(12-6-8-14(9-7-12)19(21)22)16(20)23-11-10-18-13-4-2-1-3-5-13/h6-9,13,15,18H,1-5,10-11H2/p+1. The average molecular weight is 433 g/mol. The normalized spacial score (nSPS) is 16.7. The summed E-state index contributed by atoms with van der Waals surface area (Å²) < 4.78 is 4.87. The van der Waals surface area contributed by atoms with Gasteiger partial charge in [0.05, 0.1) is 11.0 Å². The van der Waals surface area contributed by atoms with Crippen molar-refractivity contribution in [3.05, 3.63) is 39.9 Å². The lowest BCUT2D eigenvalue weighted by Crippen LogP contribution is -2.91. The van der Waals surface area contributed by atoms with E-state index in [1.54, 1.807) is 12.1 Å². The van der Waals surface area contributed by atoms with Crippen LogP contribution in [0.4, 0.5) is 5.69 Å². The lowest BCUT2D eigenvalue weighted by Gasteiger charge is -2.19. The minimum absolute atomic E-state index is 0.0211. The van der Waals surface area contributed by atoms with Crippen LogP contribution in [0.3, 0.4) is 0 Å². The lowest BCUT2D eigenvalue weighted by molar-refractivity contribution is -0.692. The van der Waals surface area contributed by atoms with E-state index in [0.717, 1.165) is 12.1 Å². The van der Waals surface area contributed by atoms with Crippen LogP contribution in [0.5, 0.6) is 0 Å². The average Bonchev–Trinajstić information content (AvgIpc) is 2.59. The van der Waals surface area contributed by atoms with Crippen LogP contribution in [0.1, 0.15) is 41.6 Å². The van der Waals surface area contributed by atoms with Gasteiger partial charge in [-0.25, -0.2) is 0 Å². The minimum Gasteiger partial charge on any atom is -0.459 e. The predicted octanol–water partition coefficient (Wildman–Crippen LogP) is 2.51. The first-order valence-electron chi connectivity index (χ1n) is 7.96. The summed E-state index contributed by atoms with van der Waals surface area (Å²) in [7, 11) is 0. The topological polar surface area (TPSA) is 86.0 Å². The van der Waals surface area contributed by atoms with Crippen LogP contribution in [0.15, 0.2) is 24.3 Å². The van der Waals surface area contributed by atoms with Crippen LogP contribution < -0.4 is 5.32 Å². The Balaban J connectivity index is 1.72. The molecule has 2 N–H and O–H groups in total. The molecular weight excluding hydrogens is 411 g/mol. The molecule has 1 unspecified atom stereocenters. The molecule has 1 aliphatic rings. The second kappa shape index (κ2) is 9.17. The van der Waals surface area contributed by atoms with Gasteiger partial charge >= 0.3 is 5.97 Å². The third-order valence-corrected chi connectivity index (χ3v) is 5.34. The first-order chi connectivity index (χ1) is 11.1. The van der Waals surface area contributed by atoms with Crippen LogP contribution in [0, 0.1) is 10.1 Å². The Morgan fingerprint density at radius 2 is 1.96 bits per heavy atom. The van der Waals surface area contributed by atoms with Crippen molar-refractivity contribution >= 4 is 34.2 Å². The Kier molecular flexibility index (Phi) is 7.22. The molecule has 0 aromatic heterocycles. The molecule has 23 heavy (non-hydrogen) atoms. The van der Waals surface area contributed by atoms with Gasteiger partial charge in [0.1, 0.15) is 17.1 Å². The molecule has 1 aromatic carbocycles. The van der Waals surface area contributed by atoms with E-state index < -0.39 is 8.85 Å². The Morgan fingerprint density at radius 3 is 2.57 bits per heavy atom. The summed E-state index contributed by atoms with van der Waals surface area (Å²) >= 11 is 2.00. The predicted molar refractivity (Wildman–Crippen MR) is 94.5 cm³/mol. The Hall–Kier alpha value is -1.22. The SMILES string of the molecule is O=C(OCC[NH2+]C1CCCCC1)C(I)c1ccc([N+](=O)[O-])cc1. The molecule has 1 atom stereocenters. The number of nitrogens with zero attached hydrogens (tertiary/aromatic N) is 1. The molecule has 0 spiro atoms. The molecule has 6 nitrogen and oxygen atoms in total. The van der Waals surface area contributed by atoms with Gasteiger partial charge in [-0.1, -0.05) is 41.1 Å². The largest absolute Gasteiger partial charge is 0.459 e. The third kappa shape index (κ3) is 5.72. The quantitative estimate of drug-likeness (QED) is 0.179. The van der Waals surface area contributed by atoms with E-state index in [-0.39, 0.29) is 11.7 Å². The number of alkyl halides is 1. The summed E-state index contributed by atoms with van der Waals surface area (Å²) in [4.78, 5) is 22.2. The second-order valence-electron chi connectivity index (χ2n) is 5.80. The van der Waals surface area contributed by atoms with E-state index in [9.17, 15) is 14.9 Å². The van der Waals surface area contributed by atoms with Crippen molar-refractivity contribution in [1.29, 1.82) is 0 Å². The second-order valence-corrected chi connectivity index (χ2v) is 7.05. The van der Waals surface area contributed by atoms with Gasteiger partial charge in [0.2, 0.25) is 0 Å². The number of hydrogen-bond acceptors (Lipinski definition) is 4. The van der Waals surface area contributed by atoms with E-state index in [0.29, 0.717) is 12.6 Å². The highest BCUT2D eigenvalue weighted by Crippen LogP contribution is 2.26. The molecule has 0 bridgehead atoms. The Bertz CT molecular complexity index is 529. The van der Waals surface area contributed by atoms with Crippen LogP contribution in [-0.4, -0.2) is 30.1 Å². The number of ether oxygens (including phenoxy) is 1. The monoisotopic (exact) mass is 433 g/mol. The molecule has 126 valence electrons. The first-order valence-corrected chi connectivity index (χ1v) is 9.21. The van der Waals surface area contributed by atoms with Gasteiger partial charge in [0, 0.05) is 12.1 Å². The van der Waals surface area contributed by atoms with Crippen LogP contribution >= 0.6 is 22.6 Å². The number of esters is 1. The van der Waals surface area contributed by atoms with E-state index >= 15 is 0 Å². The van der Waals surface area contributed by atoms with Gasteiger partial charge in [-0.15, -0.1) is 0 Å². The highest BCUT2D eigenvalue weighted by atomic mass is 127. The highest BCUT2D eigenvalue weighted by Gasteiger charge is 2.20. The molecule has 1 aliphatic carbocycles. The summed E-state index contributed by atoms with van der Waals surface area (Å²) in [5.74, 6) is -0.295. The number of rotatable bonds is 7. The third-order valence-electron chi connectivity index (χ3n) is 4.12. The fraction of sp³-hybridized carbons (Fsp3) is 0.562. The van der Waals surface area contributed by atoms with Crippen molar-refractivity contribution in [1.82, 2.24) is 0 Å². The molecule has 7 heteroatoms. The summed E-state index contributed by atoms with van der Waals surface area (Å²) in [5, 5.41) is 12.9. The molecule has 2 rings (SSSR count). The van der Waals surface area contributed by atoms with E-state index in [1.807, 2.05) is 22.6 Å². The zero-order valence-electron chi connectivity index (χ0n) is 12.9. The zero-order chi connectivity index (χ0) is 16.7. The summed E-state index contributed by atoms with van der Waals surface area (Å²) in [6.07, 6.45) is 6.45. The summed E-state index contributed by atoms with van der Waals surface area (Å²) in [5.41, 5.74) is 0.741. The van der Waals surface area contributed by atoms with Crippen molar-refractivity contribution in [3.63, 3.8) is 0 Å². The lowest BCUT2D eigenvalue weighted by atomic mass is 9.96. The molecule has 1 fully saturated rings. The molecule has 0 heterocycles. The number of benzene rings is 1. The smallest absolute Gasteiger partial charge is 0.323 e. The molecule has 0 amide bonds. The van der Waals surface area contributed by atoms with Crippen molar-refractivity contribution in [3.8, 4) is 0 Å². The number of hydrogen-bond donors (Lipinski definition) is 1. The first kappa shape index (κ1) is 18.1. The van der Waals surface area contributed by atoms with Gasteiger partial charge in [-0.2, -0.15) is 0 Å². The van der Waals surface area contributed by atoms with Gasteiger partial charge < -0.3 is 10.1 Å². The Labute approximate surface area is 149 Å². The van der Waals surface area contributed by atoms with E-state index in [4.69, 9.17) is 4.74 Å². The number of nitro benzene ring substituents is 1. The maximum Gasteiger partial charge on any atom is 0.323 e. The van der Waals surface area contributed by atoms with Gasteiger partial charge in [-0.3, -0.25) is 14.9 Å². The number of nitro groups is 1. The molecular formula is C16H22IN2O4+. The van der Waals surface area contributed by atoms with Crippen LogP contribution in [-0.2, 0) is 9.53 Å². The Morgan fingerprint density at radius 1 is 1.30 bits per heavy atom. The number of quaternary nitrogens is 1. The number of nitrogens with two attached hydrogens (primary N) is 1. The van der Waals surface area contributed by atoms with Crippen molar-refractivity contribution in [2.45, 2.75) is 42.1 Å². The molecule has 0 saturated heterocycles. The molecule has 1 saturated carbocycles. The minimum atomic E-state index is -0.453. The van der Waals surface area contributed by atoms with Gasteiger partial charge in [0.25, 0.3) is 5.69 Å². The number of carbonyl (C=O) groups excluding carboxylic acids is 1.